The van der Waals surface area contributed by atoms with Crippen LogP contribution in [0.5, 0.6) is 0 Å². The SMILES string of the molecule is CB(O)N=C(NCC(=O)O)NB(C)O.NC(N)=NCC(=O)NCNc1ccc(C(=O)O)cc1.NCNc1ccc(C(=O)OCc2ccccc2)cc1.Nc1ccc(C(=O)OCc2ccccc2)cc1.O=C(O)C(F)(F)F.[B]C(=O)NC(N=CB=O)=NCC(=O)NCNc1ccc(C(=O)OCc2ccccc2)cc1.[B]C(=O)NCNc1ccc(C(=O)OCc2ccccc2)cc1.[B]C(=O)NCO. The average molecular weight is 1870 g/mol. The Morgan fingerprint density at radius 1 is 0.456 bits per heavy atom. The molecule has 25 N–H and O–H groups in total. The number of aromatic carboxylic acids is 1. The van der Waals surface area contributed by atoms with Crippen molar-refractivity contribution in [3.8, 4) is 0 Å². The number of aliphatic imine (C=N–C) groups is 3. The molecule has 0 aromatic heterocycles. The third kappa shape index (κ3) is 57.4. The van der Waals surface area contributed by atoms with Gasteiger partial charge >= 0.3 is 184 Å². The number of hydrogen-bond donors (Lipinski definition) is 21. The van der Waals surface area contributed by atoms with Gasteiger partial charge in [-0.2, -0.15) is 13.2 Å². The Morgan fingerprint density at radius 2 is 0.779 bits per heavy atom. The van der Waals surface area contributed by atoms with Crippen LogP contribution in [0.3, 0.4) is 0 Å². The van der Waals surface area contributed by atoms with E-state index in [-0.39, 0.29) is 113 Å². The fourth-order valence-corrected chi connectivity index (χ4v) is 9.09. The van der Waals surface area contributed by atoms with Crippen LogP contribution in [0.4, 0.5) is 56.0 Å². The first kappa shape index (κ1) is 115. The zero-order valence-electron chi connectivity index (χ0n) is 73.0. The number of aliphatic hydroxyl groups is 1. The third-order valence-corrected chi connectivity index (χ3v) is 15.3. The number of carbonyl (C=O) groups excluding carboxylic acids is 9. The molecule has 0 saturated heterocycles. The molecule has 0 unspecified atom stereocenters. The van der Waals surface area contributed by atoms with E-state index in [0.717, 1.165) is 39.7 Å². The van der Waals surface area contributed by atoms with Gasteiger partial charge in [-0.1, -0.05) is 121 Å². The van der Waals surface area contributed by atoms with Crippen molar-refractivity contribution in [1.82, 2.24) is 37.1 Å². The van der Waals surface area contributed by atoms with Crippen LogP contribution in [0.1, 0.15) is 74.0 Å². The van der Waals surface area contributed by atoms with Crippen molar-refractivity contribution in [1.29, 1.82) is 0 Å². The first-order valence-electron chi connectivity index (χ1n) is 39.6. The second-order valence-electron chi connectivity index (χ2n) is 26.1. The Balaban J connectivity index is 0.000000546. The molecule has 136 heavy (non-hydrogen) atoms. The average Bonchev–Trinajstić information content (AvgIpc) is 0.883. The van der Waals surface area contributed by atoms with Crippen LogP contribution in [0.2, 0.25) is 13.6 Å². The molecule has 9 rings (SSSR count). The van der Waals surface area contributed by atoms with E-state index in [0.29, 0.717) is 53.1 Å². The van der Waals surface area contributed by atoms with Crippen molar-refractivity contribution in [2.45, 2.75) is 46.3 Å². The first-order valence-corrected chi connectivity index (χ1v) is 39.6. The number of aliphatic hydroxyl groups excluding tert-OH is 1. The van der Waals surface area contributed by atoms with Gasteiger partial charge in [-0.3, -0.25) is 24.1 Å². The predicted octanol–water partition coefficient (Wildman–Crippen LogP) is 4.55. The molecular formula is C85H96B6F3N19O23. The van der Waals surface area contributed by atoms with Gasteiger partial charge in [0.25, 0.3) is 0 Å². The maximum atomic E-state index is 12.1. The van der Waals surface area contributed by atoms with Crippen LogP contribution in [0.25, 0.3) is 0 Å². The number of amides is 5. The Hall–Kier alpha value is -16.7. The van der Waals surface area contributed by atoms with Gasteiger partial charge in [0, 0.05) is 22.7 Å². The van der Waals surface area contributed by atoms with Crippen molar-refractivity contribution < 1.29 is 125 Å². The normalized spacial score (nSPS) is 10.1. The number of benzene rings is 9. The second kappa shape index (κ2) is 67.5. The summed E-state index contributed by atoms with van der Waals surface area (Å²) in [5.74, 6) is -9.71. The van der Waals surface area contributed by atoms with Crippen LogP contribution >= 0.6 is 0 Å². The molecule has 0 heterocycles. The van der Waals surface area contributed by atoms with Crippen molar-refractivity contribution in [2.75, 3.05) is 80.0 Å². The standard InChI is InChI=1S/C20H19B2N5O5.C16H15BN2O3.C15H16N2O2.C14H13NO2.C11H15N5O3.C5H13B2N3O4.C2H4BNO2.C2HF3O2/c21-19(30)27-20(24-12-22-31)23-10-17(28)26-13-25-16-8-6-15(7-9-16)18(29)32-11-14-4-2-1-3-5-14;17-16(21)19-11-18-14-8-6-13(7-9-14)15(20)22-10-12-4-2-1-3-5-12;16-11-17-14-8-6-13(7-9-14)15(18)19-10-12-4-2-1-3-5-12;15-13-8-6-12(7-9-13)14(16)17-10-11-4-2-1-3-5-11;12-11(13)14-5-9(17)16-6-15-8-3-1-7(2-4-8)10(18)19;1-6(13)9-5(10-7(2)14)8-3-4(11)12;3-2(6)4-1-5;3-2(4,5)1(6)7/h1-9,12,25H,10-11,13H2,(H,26,28)(H,23,27,30);1-9,18H,10-11H2,(H,19,21);1-9,17H,10-11,16H2;1-9H,10,15H2;1-4,15H,5-6H2,(H,16,17)(H,18,19)(H4,12,13,14);13-14H,3H2,1-2H3,(H,11,12)(H2,8,9,10);5H,1H2,(H,4,6);(H,6,7). The summed E-state index contributed by atoms with van der Waals surface area (Å²) in [5.41, 5.74) is 30.6. The molecule has 6 radical (unpaired) electrons. The maximum Gasteiger partial charge on any atom is 0.338 e. The van der Waals surface area contributed by atoms with Gasteiger partial charge in [-0.25, -0.2) is 33.8 Å². The molecular weight excluding hydrogens is 1780 g/mol. The van der Waals surface area contributed by atoms with E-state index in [4.69, 9.17) is 92.8 Å². The molecule has 9 aromatic carbocycles. The third-order valence-electron chi connectivity index (χ3n) is 15.3. The number of nitrogens with one attached hydrogen (secondary N) is 11. The molecule has 0 spiro atoms. The predicted molar refractivity (Wildman–Crippen MR) is 506 cm³/mol. The number of aliphatic carboxylic acids is 2. The minimum Gasteiger partial charge on any atom is -0.457 e. The number of carbonyl (C=O) groups is 12. The summed E-state index contributed by atoms with van der Waals surface area (Å²) in [4.78, 5) is 146. The number of nitrogens with two attached hydrogens (primary N) is 4. The zero-order chi connectivity index (χ0) is 101. The second-order valence-corrected chi connectivity index (χ2v) is 26.1. The van der Waals surface area contributed by atoms with Crippen LogP contribution in [0, 0.1) is 0 Å². The molecule has 51 heteroatoms. The molecule has 0 bridgehead atoms. The largest absolute Gasteiger partial charge is 0.457 e. The van der Waals surface area contributed by atoms with E-state index in [1.807, 2.05) is 127 Å². The number of carboxylic acid groups (broad SMARTS) is 3. The number of rotatable bonds is 34. The first-order chi connectivity index (χ1) is 64.8. The van der Waals surface area contributed by atoms with E-state index in [1.54, 1.807) is 109 Å². The number of nitrogens with zero attached hydrogens (tertiary/aromatic N) is 4. The maximum absolute atomic E-state index is 12.1. The van der Waals surface area contributed by atoms with Gasteiger partial charge in [0.05, 0.1) is 47.8 Å². The molecule has 0 atom stereocenters. The summed E-state index contributed by atoms with van der Waals surface area (Å²) >= 11 is 0. The number of ether oxygens (including phenoxy) is 4. The van der Waals surface area contributed by atoms with Crippen LogP contribution < -0.4 is 81.3 Å². The molecule has 42 nitrogen and oxygen atoms in total. The molecule has 0 saturated carbocycles. The van der Waals surface area contributed by atoms with E-state index in [1.165, 1.54) is 25.8 Å². The molecule has 0 aliphatic rings. The van der Waals surface area contributed by atoms with Crippen molar-refractivity contribution in [3.63, 3.8) is 0 Å². The molecule has 0 aliphatic heterocycles. The Morgan fingerprint density at radius 3 is 1.05 bits per heavy atom. The number of nitrogen functional groups attached to an aromatic ring is 1. The Kier molecular flexibility index (Phi) is 57.3. The topological polar surface area (TPSA) is 666 Å². The zero-order valence-corrected chi connectivity index (χ0v) is 73.0. The fourth-order valence-electron chi connectivity index (χ4n) is 9.09. The number of anilines is 5. The summed E-state index contributed by atoms with van der Waals surface area (Å²) in [6, 6.07) is 71.1. The molecule has 708 valence electrons. The number of halogens is 3. The molecule has 0 fully saturated rings. The van der Waals surface area contributed by atoms with E-state index in [9.17, 15) is 70.6 Å². The molecule has 9 aromatic rings. The molecule has 0 aliphatic carbocycles. The minimum absolute atomic E-state index is 0.0393. The van der Waals surface area contributed by atoms with Crippen LogP contribution in [-0.4, -0.2) is 229 Å². The Labute approximate surface area is 782 Å². The van der Waals surface area contributed by atoms with Gasteiger partial charge < -0.3 is 115 Å². The van der Waals surface area contributed by atoms with Crippen LogP contribution in [-0.2, 0) is 69.3 Å². The number of alkyl halides is 3. The van der Waals surface area contributed by atoms with E-state index < -0.39 is 74.2 Å². The minimum atomic E-state index is -5.08. The van der Waals surface area contributed by atoms with Crippen LogP contribution in [0.15, 0.2) is 263 Å². The van der Waals surface area contributed by atoms with E-state index in [2.05, 4.69) is 80.8 Å². The monoisotopic (exact) mass is 1870 g/mol. The van der Waals surface area contributed by atoms with Crippen molar-refractivity contribution in [2.24, 2.45) is 37.1 Å². The number of esters is 4. The summed E-state index contributed by atoms with van der Waals surface area (Å²) in [7, 11) is 12.9. The van der Waals surface area contributed by atoms with Gasteiger partial charge in [0.2, 0.25) is 21.6 Å². The van der Waals surface area contributed by atoms with Gasteiger partial charge in [0.1, 0.15) is 46.2 Å². The summed E-state index contributed by atoms with van der Waals surface area (Å²) in [6.45, 7) is 3.47. The van der Waals surface area contributed by atoms with Crippen molar-refractivity contribution in [3.05, 3.63) is 293 Å². The summed E-state index contributed by atoms with van der Waals surface area (Å²) in [6.07, 6.45) is -4.23. The van der Waals surface area contributed by atoms with E-state index >= 15 is 0 Å². The number of hydrogen-bond acceptors (Lipinski definition) is 29. The summed E-state index contributed by atoms with van der Waals surface area (Å²) in [5, 5.41) is 77.9. The molecule has 5 amide bonds. The Bertz CT molecular complexity index is 5300. The van der Waals surface area contributed by atoms with Crippen molar-refractivity contribution >= 4 is 168 Å². The van der Waals surface area contributed by atoms with Gasteiger partial charge in [-0.15, -0.1) is 0 Å². The fraction of sp³-hybridized carbons (Fsp3) is 0.176. The van der Waals surface area contributed by atoms with Gasteiger partial charge in [-0.05, 0) is 133 Å². The van der Waals surface area contributed by atoms with Gasteiger partial charge in [0.15, 0.2) is 23.5 Å². The quantitative estimate of drug-likeness (QED) is 0.00500. The summed E-state index contributed by atoms with van der Waals surface area (Å²) < 4.78 is 62.9. The number of carboxylic acids is 3. The number of guanidine groups is 3. The smallest absolute Gasteiger partial charge is 0.338 e.